The number of hydrogen-bond donors (Lipinski definition) is 0. The van der Waals surface area contributed by atoms with Crippen LogP contribution in [0, 0.1) is 0 Å². The summed E-state index contributed by atoms with van der Waals surface area (Å²) in [7, 11) is 0. The molecule has 6 heteroatoms. The van der Waals surface area contributed by atoms with Gasteiger partial charge < -0.3 is 4.90 Å². The molecule has 0 heterocycles. The molecule has 0 aromatic heterocycles. The molecule has 15 heavy (non-hydrogen) atoms. The molecule has 0 N–H and O–H groups in total. The molecule has 92 valence electrons. The molecule has 0 aliphatic heterocycles. The minimum absolute atomic E-state index is 0.0642. The third-order valence-electron chi connectivity index (χ3n) is 1.90. The Morgan fingerprint density at radius 3 is 2.33 bits per heavy atom. The predicted molar refractivity (Wildman–Crippen MR) is 63.7 cm³/mol. The van der Waals surface area contributed by atoms with E-state index in [4.69, 9.17) is 0 Å². The van der Waals surface area contributed by atoms with Crippen molar-refractivity contribution >= 4 is 27.7 Å². The lowest BCUT2D eigenvalue weighted by Gasteiger charge is -2.20. The zero-order valence-electron chi connectivity index (χ0n) is 8.82. The van der Waals surface area contributed by atoms with E-state index in [0.717, 1.165) is 31.3 Å². The van der Waals surface area contributed by atoms with Gasteiger partial charge in [-0.3, -0.25) is 0 Å². The van der Waals surface area contributed by atoms with Crippen molar-refractivity contribution in [1.82, 2.24) is 4.90 Å². The van der Waals surface area contributed by atoms with Gasteiger partial charge in [-0.2, -0.15) is 13.2 Å². The van der Waals surface area contributed by atoms with E-state index < -0.39 is 5.51 Å². The number of rotatable bonds is 8. The molecule has 0 amide bonds. The van der Waals surface area contributed by atoms with Gasteiger partial charge in [-0.05, 0) is 24.7 Å². The predicted octanol–water partition coefficient (Wildman–Crippen LogP) is 3.74. The number of halogens is 4. The lowest BCUT2D eigenvalue weighted by Crippen LogP contribution is -2.29. The van der Waals surface area contributed by atoms with Gasteiger partial charge in [0.2, 0.25) is 0 Å². The summed E-state index contributed by atoms with van der Waals surface area (Å²) in [6, 6.07) is 0. The minimum Gasteiger partial charge on any atom is -0.302 e. The first-order valence-electron chi connectivity index (χ1n) is 4.98. The molecule has 1 nitrogen and oxygen atoms in total. The zero-order valence-corrected chi connectivity index (χ0v) is 11.2. The van der Waals surface area contributed by atoms with E-state index >= 15 is 0 Å². The zero-order chi connectivity index (χ0) is 11.7. The molecule has 0 saturated heterocycles. The monoisotopic (exact) mass is 307 g/mol. The fourth-order valence-electron chi connectivity index (χ4n) is 1.13. The normalized spacial score (nSPS) is 12.4. The number of nitrogens with zero attached hydrogens (tertiary/aromatic N) is 1. The fourth-order valence-corrected chi connectivity index (χ4v) is 2.21. The number of thioether (sulfide) groups is 1. The molecule has 0 aromatic carbocycles. The Kier molecular flexibility index (Phi) is 9.04. The van der Waals surface area contributed by atoms with E-state index in [2.05, 4.69) is 27.8 Å². The van der Waals surface area contributed by atoms with Crippen molar-refractivity contribution in [1.29, 1.82) is 0 Å². The van der Waals surface area contributed by atoms with Crippen LogP contribution < -0.4 is 0 Å². The molecule has 0 atom stereocenters. The maximum atomic E-state index is 11.9. The molecule has 0 bridgehead atoms. The maximum absolute atomic E-state index is 11.9. The van der Waals surface area contributed by atoms with Gasteiger partial charge in [0.1, 0.15) is 0 Å². The van der Waals surface area contributed by atoms with E-state index in [1.165, 1.54) is 0 Å². The largest absolute Gasteiger partial charge is 0.441 e. The van der Waals surface area contributed by atoms with Gasteiger partial charge in [0.15, 0.2) is 0 Å². The third-order valence-corrected chi connectivity index (χ3v) is 2.97. The summed E-state index contributed by atoms with van der Waals surface area (Å²) in [5.74, 6) is 0.125. The van der Waals surface area contributed by atoms with Crippen molar-refractivity contribution in [3.05, 3.63) is 0 Å². The highest BCUT2D eigenvalue weighted by atomic mass is 79.9. The van der Waals surface area contributed by atoms with Crippen LogP contribution in [0.25, 0.3) is 0 Å². The second-order valence-electron chi connectivity index (χ2n) is 3.18. The second kappa shape index (κ2) is 8.70. The van der Waals surface area contributed by atoms with Gasteiger partial charge >= 0.3 is 5.51 Å². The lowest BCUT2D eigenvalue weighted by molar-refractivity contribution is -0.0328. The molecule has 0 unspecified atom stereocenters. The first kappa shape index (κ1) is 15.6. The molecule has 0 aliphatic carbocycles. The number of alkyl halides is 4. The number of unbranched alkanes of at least 4 members (excludes halogenated alkanes) is 1. The minimum atomic E-state index is -4.09. The Bertz CT molecular complexity index is 155. The van der Waals surface area contributed by atoms with E-state index in [0.29, 0.717) is 6.54 Å². The summed E-state index contributed by atoms with van der Waals surface area (Å²) < 4.78 is 35.6. The first-order chi connectivity index (χ1) is 6.99. The molecule has 0 fully saturated rings. The SMILES string of the molecule is CCCCN(CCBr)CCSC(F)(F)F. The van der Waals surface area contributed by atoms with Crippen LogP contribution in [-0.2, 0) is 0 Å². The van der Waals surface area contributed by atoms with E-state index in [1.807, 2.05) is 0 Å². The Labute approximate surface area is 102 Å². The average Bonchev–Trinajstić information content (AvgIpc) is 2.12. The third kappa shape index (κ3) is 10.9. The van der Waals surface area contributed by atoms with Crippen LogP contribution in [0.1, 0.15) is 19.8 Å². The molecular formula is C9H17BrF3NS. The van der Waals surface area contributed by atoms with Crippen molar-refractivity contribution in [2.24, 2.45) is 0 Å². The van der Waals surface area contributed by atoms with Crippen molar-refractivity contribution < 1.29 is 13.2 Å². The highest BCUT2D eigenvalue weighted by Gasteiger charge is 2.27. The van der Waals surface area contributed by atoms with E-state index in [-0.39, 0.29) is 17.5 Å². The fraction of sp³-hybridized carbons (Fsp3) is 1.00. The maximum Gasteiger partial charge on any atom is 0.441 e. The highest BCUT2D eigenvalue weighted by molar-refractivity contribution is 9.09. The van der Waals surface area contributed by atoms with Crippen LogP contribution in [0.5, 0.6) is 0 Å². The van der Waals surface area contributed by atoms with Crippen LogP contribution in [0.2, 0.25) is 0 Å². The second-order valence-corrected chi connectivity index (χ2v) is 5.13. The quantitative estimate of drug-likeness (QED) is 0.629. The topological polar surface area (TPSA) is 3.24 Å². The summed E-state index contributed by atoms with van der Waals surface area (Å²) in [5.41, 5.74) is -4.09. The van der Waals surface area contributed by atoms with Gasteiger partial charge in [-0.15, -0.1) is 0 Å². The Morgan fingerprint density at radius 1 is 1.20 bits per heavy atom. The van der Waals surface area contributed by atoms with Crippen LogP contribution in [-0.4, -0.2) is 41.1 Å². The van der Waals surface area contributed by atoms with E-state index in [9.17, 15) is 13.2 Å². The summed E-state index contributed by atoms with van der Waals surface area (Å²) in [5, 5.41) is 0.813. The molecular weight excluding hydrogens is 291 g/mol. The Hall–Kier alpha value is 0.580. The molecule has 0 spiro atoms. The molecule has 0 aliphatic rings. The summed E-state index contributed by atoms with van der Waals surface area (Å²) in [6.07, 6.45) is 2.12. The summed E-state index contributed by atoms with van der Waals surface area (Å²) in [6.45, 7) is 4.30. The smallest absolute Gasteiger partial charge is 0.302 e. The lowest BCUT2D eigenvalue weighted by atomic mass is 10.3. The molecule has 0 saturated carbocycles. The van der Waals surface area contributed by atoms with Gasteiger partial charge in [0, 0.05) is 24.2 Å². The molecule has 0 aromatic rings. The van der Waals surface area contributed by atoms with Gasteiger partial charge in [-0.1, -0.05) is 29.3 Å². The van der Waals surface area contributed by atoms with Gasteiger partial charge in [-0.25, -0.2) is 0 Å². The van der Waals surface area contributed by atoms with E-state index in [1.54, 1.807) is 0 Å². The Morgan fingerprint density at radius 2 is 1.87 bits per heavy atom. The average molecular weight is 308 g/mol. The molecule has 0 radical (unpaired) electrons. The highest BCUT2D eigenvalue weighted by Crippen LogP contribution is 2.29. The number of hydrogen-bond acceptors (Lipinski definition) is 2. The van der Waals surface area contributed by atoms with Crippen LogP contribution >= 0.6 is 27.7 Å². The molecule has 0 rings (SSSR count). The van der Waals surface area contributed by atoms with Crippen molar-refractivity contribution in [3.8, 4) is 0 Å². The standard InChI is InChI=1S/C9H17BrF3NS/c1-2-3-5-14(6-4-10)7-8-15-9(11,12)13/h2-8H2,1H3. The van der Waals surface area contributed by atoms with Gasteiger partial charge in [0.05, 0.1) is 0 Å². The van der Waals surface area contributed by atoms with Crippen molar-refractivity contribution in [3.63, 3.8) is 0 Å². The first-order valence-corrected chi connectivity index (χ1v) is 7.09. The van der Waals surface area contributed by atoms with Crippen LogP contribution in [0.15, 0.2) is 0 Å². The summed E-state index contributed by atoms with van der Waals surface area (Å²) in [4.78, 5) is 2.07. The van der Waals surface area contributed by atoms with Gasteiger partial charge in [0.25, 0.3) is 0 Å². The van der Waals surface area contributed by atoms with Crippen LogP contribution in [0.4, 0.5) is 13.2 Å². The van der Waals surface area contributed by atoms with Crippen molar-refractivity contribution in [2.75, 3.05) is 30.7 Å². The summed E-state index contributed by atoms with van der Waals surface area (Å²) >= 11 is 3.37. The van der Waals surface area contributed by atoms with Crippen LogP contribution in [0.3, 0.4) is 0 Å². The van der Waals surface area contributed by atoms with Crippen molar-refractivity contribution in [2.45, 2.75) is 25.3 Å². The Balaban J connectivity index is 3.65.